The minimum atomic E-state index is 0.471. The first kappa shape index (κ1) is 13.6. The van der Waals surface area contributed by atoms with Crippen molar-refractivity contribution in [2.45, 2.75) is 64.7 Å². The van der Waals surface area contributed by atoms with Gasteiger partial charge < -0.3 is 10.3 Å². The molecule has 2 atom stereocenters. The van der Waals surface area contributed by atoms with Gasteiger partial charge in [0.1, 0.15) is 0 Å². The smallest absolute Gasteiger partial charge is 0.0951 e. The third-order valence-corrected chi connectivity index (χ3v) is 4.11. The van der Waals surface area contributed by atoms with Gasteiger partial charge in [-0.1, -0.05) is 6.42 Å². The Bertz CT molecular complexity index is 372. The molecule has 1 aromatic rings. The van der Waals surface area contributed by atoms with Crippen LogP contribution < -0.4 is 5.73 Å². The van der Waals surface area contributed by atoms with Crippen LogP contribution >= 0.6 is 0 Å². The van der Waals surface area contributed by atoms with E-state index >= 15 is 0 Å². The van der Waals surface area contributed by atoms with Gasteiger partial charge in [0.2, 0.25) is 0 Å². The minimum absolute atomic E-state index is 0.471. The second-order valence-corrected chi connectivity index (χ2v) is 5.73. The summed E-state index contributed by atoms with van der Waals surface area (Å²) in [6.45, 7) is 8.45. The fourth-order valence-corrected chi connectivity index (χ4v) is 2.99. The summed E-state index contributed by atoms with van der Waals surface area (Å²) in [5, 5.41) is 0. The van der Waals surface area contributed by atoms with Crippen LogP contribution in [0.2, 0.25) is 0 Å². The van der Waals surface area contributed by atoms with E-state index in [1.165, 1.54) is 25.0 Å². The van der Waals surface area contributed by atoms with E-state index in [1.807, 2.05) is 12.5 Å². The molecule has 4 nitrogen and oxygen atoms in total. The SMILES string of the molecule is CC1CCCC(CN)N1Cc1cncn1C(C)C. The largest absolute Gasteiger partial charge is 0.331 e. The molecule has 0 spiro atoms. The molecule has 0 saturated carbocycles. The number of likely N-dealkylation sites (tertiary alicyclic amines) is 1. The zero-order valence-electron chi connectivity index (χ0n) is 11.8. The molecule has 2 heterocycles. The Morgan fingerprint density at radius 3 is 2.89 bits per heavy atom. The van der Waals surface area contributed by atoms with Crippen molar-refractivity contribution in [3.8, 4) is 0 Å². The molecule has 2 rings (SSSR count). The topological polar surface area (TPSA) is 47.1 Å². The molecule has 4 heteroatoms. The third kappa shape index (κ3) is 2.75. The molecular formula is C14H26N4. The lowest BCUT2D eigenvalue weighted by molar-refractivity contribution is 0.0862. The van der Waals surface area contributed by atoms with Crippen LogP contribution in [-0.2, 0) is 6.54 Å². The Morgan fingerprint density at radius 2 is 2.22 bits per heavy atom. The Hall–Kier alpha value is -0.870. The first-order chi connectivity index (χ1) is 8.63. The van der Waals surface area contributed by atoms with Crippen molar-refractivity contribution in [2.75, 3.05) is 6.54 Å². The highest BCUT2D eigenvalue weighted by Gasteiger charge is 2.27. The fraction of sp³-hybridized carbons (Fsp3) is 0.786. The molecular weight excluding hydrogens is 224 g/mol. The first-order valence-electron chi connectivity index (χ1n) is 7.10. The third-order valence-electron chi connectivity index (χ3n) is 4.11. The summed E-state index contributed by atoms with van der Waals surface area (Å²) in [4.78, 5) is 6.84. The van der Waals surface area contributed by atoms with Crippen LogP contribution in [0.15, 0.2) is 12.5 Å². The van der Waals surface area contributed by atoms with Gasteiger partial charge in [0.25, 0.3) is 0 Å². The summed E-state index contributed by atoms with van der Waals surface area (Å²) in [6, 6.07) is 1.63. The molecule has 0 bridgehead atoms. The maximum absolute atomic E-state index is 5.92. The van der Waals surface area contributed by atoms with E-state index < -0.39 is 0 Å². The normalized spacial score (nSPS) is 25.8. The van der Waals surface area contributed by atoms with Crippen LogP contribution in [0, 0.1) is 0 Å². The highest BCUT2D eigenvalue weighted by Crippen LogP contribution is 2.24. The molecule has 18 heavy (non-hydrogen) atoms. The standard InChI is InChI=1S/C14H26N4/c1-11(2)18-10-16-8-14(18)9-17-12(3)5-4-6-13(17)7-15/h8,10-13H,4-7,9,15H2,1-3H3. The second-order valence-electron chi connectivity index (χ2n) is 5.73. The van der Waals surface area contributed by atoms with Crippen LogP contribution in [-0.4, -0.2) is 33.1 Å². The number of hydrogen-bond donors (Lipinski definition) is 1. The van der Waals surface area contributed by atoms with Crippen LogP contribution in [0.1, 0.15) is 51.8 Å². The van der Waals surface area contributed by atoms with Crippen LogP contribution in [0.4, 0.5) is 0 Å². The molecule has 1 aliphatic heterocycles. The van der Waals surface area contributed by atoms with Crippen molar-refractivity contribution in [3.05, 3.63) is 18.2 Å². The monoisotopic (exact) mass is 250 g/mol. The number of nitrogens with zero attached hydrogens (tertiary/aromatic N) is 3. The Kier molecular flexibility index (Phi) is 4.40. The van der Waals surface area contributed by atoms with Gasteiger partial charge in [0, 0.05) is 37.4 Å². The summed E-state index contributed by atoms with van der Waals surface area (Å²) in [5.74, 6) is 0. The maximum atomic E-state index is 5.92. The van der Waals surface area contributed by atoms with Crippen molar-refractivity contribution in [2.24, 2.45) is 5.73 Å². The zero-order chi connectivity index (χ0) is 13.1. The highest BCUT2D eigenvalue weighted by molar-refractivity contribution is 5.01. The Labute approximate surface area is 110 Å². The Morgan fingerprint density at radius 1 is 1.44 bits per heavy atom. The summed E-state index contributed by atoms with van der Waals surface area (Å²) < 4.78 is 2.26. The summed E-state index contributed by atoms with van der Waals surface area (Å²) >= 11 is 0. The summed E-state index contributed by atoms with van der Waals surface area (Å²) in [5.41, 5.74) is 7.22. The van der Waals surface area contributed by atoms with Gasteiger partial charge in [-0.15, -0.1) is 0 Å². The first-order valence-corrected chi connectivity index (χ1v) is 7.10. The average molecular weight is 250 g/mol. The molecule has 1 fully saturated rings. The summed E-state index contributed by atoms with van der Waals surface area (Å²) in [7, 11) is 0. The molecule has 2 N–H and O–H groups in total. The molecule has 1 saturated heterocycles. The van der Waals surface area contributed by atoms with Gasteiger partial charge in [0.05, 0.1) is 12.0 Å². The van der Waals surface area contributed by atoms with Gasteiger partial charge in [-0.05, 0) is 33.6 Å². The number of hydrogen-bond acceptors (Lipinski definition) is 3. The van der Waals surface area contributed by atoms with Gasteiger partial charge in [-0.3, -0.25) is 4.90 Å². The number of imidazole rings is 1. The van der Waals surface area contributed by atoms with Gasteiger partial charge in [-0.25, -0.2) is 4.98 Å². The molecule has 0 radical (unpaired) electrons. The van der Waals surface area contributed by atoms with Crippen molar-refractivity contribution in [1.29, 1.82) is 0 Å². The number of aromatic nitrogens is 2. The lowest BCUT2D eigenvalue weighted by atomic mass is 9.96. The van der Waals surface area contributed by atoms with E-state index in [0.29, 0.717) is 18.1 Å². The number of nitrogens with two attached hydrogens (primary N) is 1. The lowest BCUT2D eigenvalue weighted by Crippen LogP contribution is -2.48. The van der Waals surface area contributed by atoms with Gasteiger partial charge in [0.15, 0.2) is 0 Å². The second kappa shape index (κ2) is 5.85. The van der Waals surface area contributed by atoms with Crippen LogP contribution in [0.3, 0.4) is 0 Å². The number of piperidine rings is 1. The molecule has 0 aliphatic carbocycles. The van der Waals surface area contributed by atoms with Crippen LogP contribution in [0.5, 0.6) is 0 Å². The van der Waals surface area contributed by atoms with E-state index in [1.54, 1.807) is 0 Å². The molecule has 0 amide bonds. The average Bonchev–Trinajstić information content (AvgIpc) is 2.80. The lowest BCUT2D eigenvalue weighted by Gasteiger charge is -2.40. The van der Waals surface area contributed by atoms with E-state index in [-0.39, 0.29) is 0 Å². The fourth-order valence-electron chi connectivity index (χ4n) is 2.99. The predicted molar refractivity (Wildman–Crippen MR) is 74.3 cm³/mol. The molecule has 102 valence electrons. The van der Waals surface area contributed by atoms with Crippen molar-refractivity contribution in [3.63, 3.8) is 0 Å². The van der Waals surface area contributed by atoms with E-state index in [4.69, 9.17) is 5.73 Å². The van der Waals surface area contributed by atoms with Crippen molar-refractivity contribution >= 4 is 0 Å². The maximum Gasteiger partial charge on any atom is 0.0951 e. The molecule has 2 unspecified atom stereocenters. The Balaban J connectivity index is 2.12. The van der Waals surface area contributed by atoms with E-state index in [2.05, 4.69) is 35.2 Å². The van der Waals surface area contributed by atoms with Crippen molar-refractivity contribution in [1.82, 2.24) is 14.5 Å². The van der Waals surface area contributed by atoms with Crippen molar-refractivity contribution < 1.29 is 0 Å². The van der Waals surface area contributed by atoms with E-state index in [0.717, 1.165) is 13.1 Å². The predicted octanol–water partition coefficient (Wildman–Crippen LogP) is 2.17. The molecule has 1 aromatic heterocycles. The highest BCUT2D eigenvalue weighted by atomic mass is 15.2. The molecule has 0 aromatic carbocycles. The quantitative estimate of drug-likeness (QED) is 0.891. The molecule has 1 aliphatic rings. The number of rotatable bonds is 4. The summed E-state index contributed by atoms with van der Waals surface area (Å²) in [6.07, 6.45) is 7.76. The van der Waals surface area contributed by atoms with E-state index in [9.17, 15) is 0 Å². The zero-order valence-corrected chi connectivity index (χ0v) is 11.8. The van der Waals surface area contributed by atoms with Crippen LogP contribution in [0.25, 0.3) is 0 Å². The van der Waals surface area contributed by atoms with Gasteiger partial charge >= 0.3 is 0 Å². The van der Waals surface area contributed by atoms with Gasteiger partial charge in [-0.2, -0.15) is 0 Å². The minimum Gasteiger partial charge on any atom is -0.331 e.